The maximum absolute atomic E-state index is 6.37. The molecule has 2 N–H and O–H groups in total. The third-order valence-corrected chi connectivity index (χ3v) is 3.64. The Bertz CT molecular complexity index is 590. The van der Waals surface area contributed by atoms with Crippen LogP contribution in [0.15, 0.2) is 42.5 Å². The minimum atomic E-state index is -0.0141. The fourth-order valence-electron chi connectivity index (χ4n) is 2.58. The van der Waals surface area contributed by atoms with E-state index in [0.717, 1.165) is 18.0 Å². The SMILES string of the molecule is COc1cccc(N(C)CC(N)c2cc(C)cc(C)c2)c1. The minimum absolute atomic E-state index is 0.0141. The van der Waals surface area contributed by atoms with Crippen LogP contribution in [0.4, 0.5) is 5.69 Å². The van der Waals surface area contributed by atoms with Gasteiger partial charge in [-0.15, -0.1) is 0 Å². The third kappa shape index (κ3) is 3.99. The van der Waals surface area contributed by atoms with Gasteiger partial charge in [0.1, 0.15) is 5.75 Å². The number of aryl methyl sites for hydroxylation is 2. The molecule has 0 saturated heterocycles. The predicted octanol–water partition coefficient (Wildman–Crippen LogP) is 3.45. The van der Waals surface area contributed by atoms with Gasteiger partial charge in [-0.05, 0) is 31.5 Å². The van der Waals surface area contributed by atoms with E-state index < -0.39 is 0 Å². The van der Waals surface area contributed by atoms with Crippen molar-refractivity contribution < 1.29 is 4.74 Å². The molecule has 0 spiro atoms. The number of rotatable bonds is 5. The molecule has 112 valence electrons. The van der Waals surface area contributed by atoms with Gasteiger partial charge in [-0.3, -0.25) is 0 Å². The largest absolute Gasteiger partial charge is 0.497 e. The first-order valence-electron chi connectivity index (χ1n) is 7.18. The molecule has 0 radical (unpaired) electrons. The second-order valence-electron chi connectivity index (χ2n) is 5.61. The van der Waals surface area contributed by atoms with Crippen molar-refractivity contribution in [2.24, 2.45) is 5.73 Å². The van der Waals surface area contributed by atoms with Gasteiger partial charge in [-0.25, -0.2) is 0 Å². The van der Waals surface area contributed by atoms with Gasteiger partial charge in [0.2, 0.25) is 0 Å². The summed E-state index contributed by atoms with van der Waals surface area (Å²) in [5.74, 6) is 0.860. The Morgan fingerprint density at radius 1 is 1.10 bits per heavy atom. The fourth-order valence-corrected chi connectivity index (χ4v) is 2.58. The van der Waals surface area contributed by atoms with Crippen LogP contribution in [0.5, 0.6) is 5.75 Å². The molecule has 2 aromatic carbocycles. The van der Waals surface area contributed by atoms with Crippen molar-refractivity contribution in [3.05, 3.63) is 59.2 Å². The van der Waals surface area contributed by atoms with Gasteiger partial charge in [-0.2, -0.15) is 0 Å². The summed E-state index contributed by atoms with van der Waals surface area (Å²) in [4.78, 5) is 2.16. The number of hydrogen-bond donors (Lipinski definition) is 1. The quantitative estimate of drug-likeness (QED) is 0.914. The van der Waals surface area contributed by atoms with Gasteiger partial charge >= 0.3 is 0 Å². The Morgan fingerprint density at radius 2 is 1.76 bits per heavy atom. The van der Waals surface area contributed by atoms with E-state index in [2.05, 4.69) is 50.1 Å². The van der Waals surface area contributed by atoms with Crippen LogP contribution >= 0.6 is 0 Å². The second kappa shape index (κ2) is 6.64. The molecule has 0 aliphatic carbocycles. The normalized spacial score (nSPS) is 12.0. The molecule has 3 heteroatoms. The molecule has 2 aromatic rings. The highest BCUT2D eigenvalue weighted by atomic mass is 16.5. The summed E-state index contributed by atoms with van der Waals surface area (Å²) in [5.41, 5.74) is 11.2. The molecule has 0 heterocycles. The molecule has 2 rings (SSSR count). The lowest BCUT2D eigenvalue weighted by molar-refractivity contribution is 0.415. The van der Waals surface area contributed by atoms with E-state index in [1.165, 1.54) is 16.7 Å². The summed E-state index contributed by atoms with van der Waals surface area (Å²) in [6, 6.07) is 14.5. The third-order valence-electron chi connectivity index (χ3n) is 3.64. The summed E-state index contributed by atoms with van der Waals surface area (Å²) < 4.78 is 5.27. The van der Waals surface area contributed by atoms with Crippen molar-refractivity contribution in [1.82, 2.24) is 0 Å². The molecular formula is C18H24N2O. The highest BCUT2D eigenvalue weighted by Gasteiger charge is 2.11. The van der Waals surface area contributed by atoms with Crippen molar-refractivity contribution >= 4 is 5.69 Å². The maximum Gasteiger partial charge on any atom is 0.120 e. The molecule has 0 aliphatic heterocycles. The van der Waals surface area contributed by atoms with E-state index in [1.807, 2.05) is 18.2 Å². The van der Waals surface area contributed by atoms with Crippen molar-refractivity contribution in [3.8, 4) is 5.75 Å². The summed E-state index contributed by atoms with van der Waals surface area (Å²) >= 11 is 0. The Hall–Kier alpha value is -2.00. The first kappa shape index (κ1) is 15.4. The zero-order valence-corrected chi connectivity index (χ0v) is 13.3. The lowest BCUT2D eigenvalue weighted by Gasteiger charge is -2.24. The first-order valence-corrected chi connectivity index (χ1v) is 7.18. The van der Waals surface area contributed by atoms with Crippen LogP contribution < -0.4 is 15.4 Å². The van der Waals surface area contributed by atoms with Crippen LogP contribution in [0.1, 0.15) is 22.7 Å². The van der Waals surface area contributed by atoms with Crippen LogP contribution in [-0.4, -0.2) is 20.7 Å². The molecule has 0 saturated carbocycles. The van der Waals surface area contributed by atoms with Gasteiger partial charge in [0.25, 0.3) is 0 Å². The second-order valence-corrected chi connectivity index (χ2v) is 5.61. The van der Waals surface area contributed by atoms with Crippen molar-refractivity contribution in [1.29, 1.82) is 0 Å². The Labute approximate surface area is 127 Å². The predicted molar refractivity (Wildman–Crippen MR) is 89.1 cm³/mol. The van der Waals surface area contributed by atoms with Crippen molar-refractivity contribution in [2.75, 3.05) is 25.6 Å². The van der Waals surface area contributed by atoms with E-state index >= 15 is 0 Å². The molecule has 0 bridgehead atoms. The van der Waals surface area contributed by atoms with Crippen molar-refractivity contribution in [2.45, 2.75) is 19.9 Å². The lowest BCUT2D eigenvalue weighted by Crippen LogP contribution is -2.29. The van der Waals surface area contributed by atoms with Gasteiger partial charge in [0.15, 0.2) is 0 Å². The molecule has 1 atom stereocenters. The number of methoxy groups -OCH3 is 1. The Kier molecular flexibility index (Phi) is 4.86. The number of ether oxygens (including phenoxy) is 1. The molecule has 0 aliphatic rings. The van der Waals surface area contributed by atoms with Crippen LogP contribution in [0.25, 0.3) is 0 Å². The standard InChI is InChI=1S/C18H24N2O/c1-13-8-14(2)10-15(9-13)18(19)12-20(3)16-6-5-7-17(11-16)21-4/h5-11,18H,12,19H2,1-4H3. The molecule has 0 aromatic heterocycles. The summed E-state index contributed by atoms with van der Waals surface area (Å²) in [7, 11) is 3.73. The molecule has 1 unspecified atom stereocenters. The molecular weight excluding hydrogens is 260 g/mol. The van der Waals surface area contributed by atoms with Gasteiger partial charge in [0, 0.05) is 31.4 Å². The van der Waals surface area contributed by atoms with E-state index in [0.29, 0.717) is 0 Å². The van der Waals surface area contributed by atoms with Crippen LogP contribution in [0, 0.1) is 13.8 Å². The number of anilines is 1. The number of likely N-dealkylation sites (N-methyl/N-ethyl adjacent to an activating group) is 1. The molecule has 0 amide bonds. The topological polar surface area (TPSA) is 38.5 Å². The monoisotopic (exact) mass is 284 g/mol. The van der Waals surface area contributed by atoms with Crippen molar-refractivity contribution in [3.63, 3.8) is 0 Å². The average molecular weight is 284 g/mol. The van der Waals surface area contributed by atoms with Crippen LogP contribution in [0.2, 0.25) is 0 Å². The lowest BCUT2D eigenvalue weighted by atomic mass is 10.0. The van der Waals surface area contributed by atoms with E-state index in [4.69, 9.17) is 10.5 Å². The molecule has 0 fully saturated rings. The summed E-state index contributed by atoms with van der Waals surface area (Å²) in [6.07, 6.45) is 0. The highest BCUT2D eigenvalue weighted by molar-refractivity contribution is 5.50. The smallest absolute Gasteiger partial charge is 0.120 e. The minimum Gasteiger partial charge on any atom is -0.497 e. The van der Waals surface area contributed by atoms with E-state index in [-0.39, 0.29) is 6.04 Å². The molecule has 3 nitrogen and oxygen atoms in total. The summed E-state index contributed by atoms with van der Waals surface area (Å²) in [5, 5.41) is 0. The Morgan fingerprint density at radius 3 is 2.38 bits per heavy atom. The molecule has 21 heavy (non-hydrogen) atoms. The number of nitrogens with zero attached hydrogens (tertiary/aromatic N) is 1. The number of hydrogen-bond acceptors (Lipinski definition) is 3. The van der Waals surface area contributed by atoms with E-state index in [9.17, 15) is 0 Å². The van der Waals surface area contributed by atoms with Crippen LogP contribution in [0.3, 0.4) is 0 Å². The first-order chi connectivity index (χ1) is 9.99. The average Bonchev–Trinajstić information content (AvgIpc) is 2.46. The summed E-state index contributed by atoms with van der Waals surface area (Å²) in [6.45, 7) is 4.97. The number of nitrogens with two attached hydrogens (primary N) is 1. The fraction of sp³-hybridized carbons (Fsp3) is 0.333. The zero-order chi connectivity index (χ0) is 15.4. The van der Waals surface area contributed by atoms with E-state index in [1.54, 1.807) is 7.11 Å². The maximum atomic E-state index is 6.37. The van der Waals surface area contributed by atoms with Gasteiger partial charge in [-0.1, -0.05) is 35.4 Å². The van der Waals surface area contributed by atoms with Gasteiger partial charge in [0.05, 0.1) is 7.11 Å². The number of benzene rings is 2. The zero-order valence-electron chi connectivity index (χ0n) is 13.3. The Balaban J connectivity index is 2.12. The van der Waals surface area contributed by atoms with Gasteiger partial charge < -0.3 is 15.4 Å². The van der Waals surface area contributed by atoms with Crippen LogP contribution in [-0.2, 0) is 0 Å². The highest BCUT2D eigenvalue weighted by Crippen LogP contribution is 2.22.